The van der Waals surface area contributed by atoms with Gasteiger partial charge in [0.05, 0.1) is 22.6 Å². The lowest BCUT2D eigenvalue weighted by atomic mass is 10.2. The number of carboxylic acid groups (broad SMARTS) is 1. The van der Waals surface area contributed by atoms with Gasteiger partial charge in [-0.15, -0.1) is 0 Å². The SMILES string of the molecule is N#Cc1ccc(S(=O)(=O)NCC2CCC(C(=O)O)O2)cc1. The van der Waals surface area contributed by atoms with E-state index < -0.39 is 28.2 Å². The summed E-state index contributed by atoms with van der Waals surface area (Å²) >= 11 is 0. The Bertz CT molecular complexity index is 663. The van der Waals surface area contributed by atoms with E-state index in [2.05, 4.69) is 4.72 Å². The first-order valence-corrected chi connectivity index (χ1v) is 7.79. The summed E-state index contributed by atoms with van der Waals surface area (Å²) in [5, 5.41) is 17.5. The second kappa shape index (κ2) is 6.22. The predicted molar refractivity (Wildman–Crippen MR) is 71.9 cm³/mol. The van der Waals surface area contributed by atoms with Gasteiger partial charge in [-0.3, -0.25) is 0 Å². The van der Waals surface area contributed by atoms with E-state index in [0.717, 1.165) is 0 Å². The molecule has 21 heavy (non-hydrogen) atoms. The molecular weight excluding hydrogens is 296 g/mol. The molecule has 0 spiro atoms. The molecule has 1 aliphatic heterocycles. The van der Waals surface area contributed by atoms with Crippen LogP contribution in [0.5, 0.6) is 0 Å². The van der Waals surface area contributed by atoms with Crippen molar-refractivity contribution in [3.8, 4) is 6.07 Å². The number of aliphatic carboxylic acids is 1. The van der Waals surface area contributed by atoms with Gasteiger partial charge in [0.2, 0.25) is 10.0 Å². The molecule has 0 radical (unpaired) electrons. The predicted octanol–water partition coefficient (Wildman–Crippen LogP) is 0.469. The van der Waals surface area contributed by atoms with Gasteiger partial charge in [0.1, 0.15) is 0 Å². The van der Waals surface area contributed by atoms with Crippen LogP contribution in [-0.4, -0.2) is 38.2 Å². The molecule has 1 aliphatic rings. The first-order chi connectivity index (χ1) is 9.92. The third kappa shape index (κ3) is 3.78. The molecule has 0 aromatic heterocycles. The van der Waals surface area contributed by atoms with Crippen LogP contribution >= 0.6 is 0 Å². The minimum absolute atomic E-state index is 0.0200. The van der Waals surface area contributed by atoms with Crippen molar-refractivity contribution in [3.63, 3.8) is 0 Å². The Morgan fingerprint density at radius 1 is 1.38 bits per heavy atom. The zero-order valence-corrected chi connectivity index (χ0v) is 11.8. The van der Waals surface area contributed by atoms with E-state index in [0.29, 0.717) is 18.4 Å². The van der Waals surface area contributed by atoms with Gasteiger partial charge in [-0.1, -0.05) is 0 Å². The number of benzene rings is 1. The average molecular weight is 310 g/mol. The number of sulfonamides is 1. The lowest BCUT2D eigenvalue weighted by molar-refractivity contribution is -0.149. The van der Waals surface area contributed by atoms with Crippen molar-refractivity contribution in [1.29, 1.82) is 5.26 Å². The number of ether oxygens (including phenoxy) is 1. The summed E-state index contributed by atoms with van der Waals surface area (Å²) in [7, 11) is -3.70. The quantitative estimate of drug-likeness (QED) is 0.816. The van der Waals surface area contributed by atoms with E-state index in [9.17, 15) is 13.2 Å². The van der Waals surface area contributed by atoms with Crippen molar-refractivity contribution in [3.05, 3.63) is 29.8 Å². The number of hydrogen-bond donors (Lipinski definition) is 2. The lowest BCUT2D eigenvalue weighted by Crippen LogP contribution is -2.33. The Hall–Kier alpha value is -1.95. The average Bonchev–Trinajstić information content (AvgIpc) is 2.94. The van der Waals surface area contributed by atoms with Crippen LogP contribution in [0.1, 0.15) is 18.4 Å². The van der Waals surface area contributed by atoms with E-state index in [4.69, 9.17) is 15.1 Å². The summed E-state index contributed by atoms with van der Waals surface area (Å²) in [6.45, 7) is 0.0200. The number of carbonyl (C=O) groups is 1. The number of nitrogens with one attached hydrogen (secondary N) is 1. The van der Waals surface area contributed by atoms with Crippen LogP contribution in [-0.2, 0) is 19.6 Å². The summed E-state index contributed by atoms with van der Waals surface area (Å²) in [6, 6.07) is 7.43. The number of nitrogens with zero attached hydrogens (tertiary/aromatic N) is 1. The molecule has 112 valence electrons. The highest BCUT2D eigenvalue weighted by molar-refractivity contribution is 7.89. The zero-order valence-electron chi connectivity index (χ0n) is 11.0. The topological polar surface area (TPSA) is 116 Å². The highest BCUT2D eigenvalue weighted by atomic mass is 32.2. The molecule has 8 heteroatoms. The van der Waals surface area contributed by atoms with Gasteiger partial charge in [-0.2, -0.15) is 5.26 Å². The molecule has 2 rings (SSSR count). The van der Waals surface area contributed by atoms with Crippen LogP contribution < -0.4 is 4.72 Å². The van der Waals surface area contributed by atoms with Crippen LogP contribution in [0.25, 0.3) is 0 Å². The first kappa shape index (κ1) is 15.4. The zero-order chi connectivity index (χ0) is 15.5. The van der Waals surface area contributed by atoms with Crippen LogP contribution in [0, 0.1) is 11.3 Å². The van der Waals surface area contributed by atoms with Crippen molar-refractivity contribution < 1.29 is 23.1 Å². The second-order valence-corrected chi connectivity index (χ2v) is 6.42. The Balaban J connectivity index is 1.95. The van der Waals surface area contributed by atoms with Gasteiger partial charge in [0.25, 0.3) is 0 Å². The van der Waals surface area contributed by atoms with Crippen LogP contribution in [0.3, 0.4) is 0 Å². The Kier molecular flexibility index (Phi) is 4.57. The van der Waals surface area contributed by atoms with Crippen molar-refractivity contribution in [2.75, 3.05) is 6.54 Å². The van der Waals surface area contributed by atoms with E-state index in [1.54, 1.807) is 0 Å². The summed E-state index contributed by atoms with van der Waals surface area (Å²) in [6.07, 6.45) is -0.445. The molecule has 1 fully saturated rings. The third-order valence-corrected chi connectivity index (χ3v) is 4.62. The van der Waals surface area contributed by atoms with Crippen molar-refractivity contribution in [1.82, 2.24) is 4.72 Å². The number of rotatable bonds is 5. The van der Waals surface area contributed by atoms with Crippen LogP contribution in [0.15, 0.2) is 29.2 Å². The maximum Gasteiger partial charge on any atom is 0.332 e. The Morgan fingerprint density at radius 2 is 2.05 bits per heavy atom. The maximum atomic E-state index is 12.0. The molecule has 0 amide bonds. The van der Waals surface area contributed by atoms with Gasteiger partial charge in [-0.25, -0.2) is 17.9 Å². The Morgan fingerprint density at radius 3 is 2.57 bits per heavy atom. The number of carboxylic acids is 1. The molecule has 1 heterocycles. The van der Waals surface area contributed by atoms with Crippen molar-refractivity contribution in [2.45, 2.75) is 29.9 Å². The summed E-state index contributed by atoms with van der Waals surface area (Å²) in [4.78, 5) is 10.8. The molecule has 2 unspecified atom stereocenters. The van der Waals surface area contributed by atoms with Gasteiger partial charge in [0, 0.05) is 6.54 Å². The first-order valence-electron chi connectivity index (χ1n) is 6.30. The summed E-state index contributed by atoms with van der Waals surface area (Å²) < 4.78 is 31.7. The third-order valence-electron chi connectivity index (χ3n) is 3.18. The standard InChI is InChI=1S/C13H14N2O5S/c14-7-9-1-4-11(5-2-9)21(18,19)15-8-10-3-6-12(20-10)13(16)17/h1-2,4-5,10,12,15H,3,6,8H2,(H,16,17). The molecule has 0 bridgehead atoms. The summed E-state index contributed by atoms with van der Waals surface area (Å²) in [5.74, 6) is -1.03. The molecule has 2 atom stereocenters. The molecule has 2 N–H and O–H groups in total. The fourth-order valence-corrected chi connectivity index (χ4v) is 3.10. The smallest absolute Gasteiger partial charge is 0.332 e. The fourth-order valence-electron chi connectivity index (χ4n) is 2.03. The van der Waals surface area contributed by atoms with E-state index in [-0.39, 0.29) is 11.4 Å². The molecule has 0 aliphatic carbocycles. The normalized spacial score (nSPS) is 21.9. The molecule has 1 aromatic carbocycles. The summed E-state index contributed by atoms with van der Waals surface area (Å²) in [5.41, 5.74) is 0.373. The van der Waals surface area contributed by atoms with Crippen molar-refractivity contribution in [2.24, 2.45) is 0 Å². The molecule has 1 saturated heterocycles. The van der Waals surface area contributed by atoms with E-state index in [1.165, 1.54) is 24.3 Å². The van der Waals surface area contributed by atoms with E-state index in [1.807, 2.05) is 6.07 Å². The fraction of sp³-hybridized carbons (Fsp3) is 0.385. The minimum atomic E-state index is -3.70. The number of hydrogen-bond acceptors (Lipinski definition) is 5. The van der Waals surface area contributed by atoms with Crippen LogP contribution in [0.4, 0.5) is 0 Å². The molecular formula is C13H14N2O5S. The van der Waals surface area contributed by atoms with Gasteiger partial charge in [-0.05, 0) is 37.1 Å². The monoisotopic (exact) mass is 310 g/mol. The highest BCUT2D eigenvalue weighted by Gasteiger charge is 2.31. The second-order valence-electron chi connectivity index (χ2n) is 4.65. The van der Waals surface area contributed by atoms with Crippen molar-refractivity contribution >= 4 is 16.0 Å². The van der Waals surface area contributed by atoms with Gasteiger partial charge >= 0.3 is 5.97 Å². The lowest BCUT2D eigenvalue weighted by Gasteiger charge is -2.12. The maximum absolute atomic E-state index is 12.0. The Labute approximate surface area is 122 Å². The minimum Gasteiger partial charge on any atom is -0.479 e. The molecule has 7 nitrogen and oxygen atoms in total. The van der Waals surface area contributed by atoms with E-state index >= 15 is 0 Å². The van der Waals surface area contributed by atoms with Gasteiger partial charge in [0.15, 0.2) is 6.10 Å². The molecule has 1 aromatic rings. The van der Waals surface area contributed by atoms with Gasteiger partial charge < -0.3 is 9.84 Å². The number of nitriles is 1. The van der Waals surface area contributed by atoms with Crippen LogP contribution in [0.2, 0.25) is 0 Å². The molecule has 0 saturated carbocycles. The highest BCUT2D eigenvalue weighted by Crippen LogP contribution is 2.20. The largest absolute Gasteiger partial charge is 0.479 e.